The van der Waals surface area contributed by atoms with E-state index in [1.807, 2.05) is 19.2 Å². The first-order valence-electron chi connectivity index (χ1n) is 10.1. The van der Waals surface area contributed by atoms with Gasteiger partial charge in [0.15, 0.2) is 0 Å². The van der Waals surface area contributed by atoms with Crippen LogP contribution in [0.4, 0.5) is 16.0 Å². The number of benzene rings is 1. The molecule has 0 atom stereocenters. The molecular formula is C23H20FN7OS. The van der Waals surface area contributed by atoms with Crippen molar-refractivity contribution in [2.45, 2.75) is 26.8 Å². The van der Waals surface area contributed by atoms with Crippen LogP contribution in [0.15, 0.2) is 40.8 Å². The standard InChI is InChI=1S/C23H20FN7OS/c1-3-4-8-15(25)19-20(26)28-12-29-21(19)27-10-17-30-22-18(13(2)11-33-22)23(32)31(17)16-9-6-5-7-14(16)24/h5-7,9,11-12,25H,3,10H2,1-2H3,(H3,26,27,28,29). The zero-order valence-electron chi connectivity index (χ0n) is 17.9. The van der Waals surface area contributed by atoms with Gasteiger partial charge in [0.1, 0.15) is 40.1 Å². The van der Waals surface area contributed by atoms with Gasteiger partial charge in [-0.1, -0.05) is 25.0 Å². The van der Waals surface area contributed by atoms with Crippen LogP contribution in [0.5, 0.6) is 0 Å². The van der Waals surface area contributed by atoms with Gasteiger partial charge >= 0.3 is 0 Å². The number of fused-ring (bicyclic) bond motifs is 1. The number of aryl methyl sites for hydroxylation is 1. The Morgan fingerprint density at radius 1 is 1.33 bits per heavy atom. The number of hydrogen-bond donors (Lipinski definition) is 3. The van der Waals surface area contributed by atoms with E-state index in [1.165, 1.54) is 34.4 Å². The van der Waals surface area contributed by atoms with Crippen LogP contribution in [-0.2, 0) is 6.54 Å². The Kier molecular flexibility index (Phi) is 6.15. The predicted octanol–water partition coefficient (Wildman–Crippen LogP) is 3.66. The number of thiophene rings is 1. The van der Waals surface area contributed by atoms with Gasteiger partial charge in [0.25, 0.3) is 5.56 Å². The maximum atomic E-state index is 14.7. The van der Waals surface area contributed by atoms with Crippen LogP contribution in [0, 0.1) is 30.0 Å². The Labute approximate surface area is 192 Å². The second-order valence-corrected chi connectivity index (χ2v) is 7.94. The number of nitrogens with two attached hydrogens (primary N) is 1. The lowest BCUT2D eigenvalue weighted by molar-refractivity contribution is 0.612. The molecule has 0 spiro atoms. The first-order chi connectivity index (χ1) is 15.9. The average molecular weight is 462 g/mol. The highest BCUT2D eigenvalue weighted by molar-refractivity contribution is 7.16. The van der Waals surface area contributed by atoms with E-state index in [0.717, 1.165) is 5.56 Å². The molecule has 3 heterocycles. The monoisotopic (exact) mass is 461 g/mol. The fraction of sp³-hybridized carbons (Fsp3) is 0.174. The molecule has 0 aliphatic rings. The van der Waals surface area contributed by atoms with Gasteiger partial charge in [0.2, 0.25) is 0 Å². The summed E-state index contributed by atoms with van der Waals surface area (Å²) in [7, 11) is 0. The first-order valence-corrected chi connectivity index (χ1v) is 11.0. The molecule has 33 heavy (non-hydrogen) atoms. The zero-order chi connectivity index (χ0) is 23.5. The van der Waals surface area contributed by atoms with Gasteiger partial charge in [-0.25, -0.2) is 19.3 Å². The highest BCUT2D eigenvalue weighted by Gasteiger charge is 2.19. The number of para-hydroxylation sites is 1. The summed E-state index contributed by atoms with van der Waals surface area (Å²) in [5.41, 5.74) is 6.74. The molecule has 4 N–H and O–H groups in total. The summed E-state index contributed by atoms with van der Waals surface area (Å²) < 4.78 is 15.9. The highest BCUT2D eigenvalue weighted by atomic mass is 32.1. The number of nitrogens with zero attached hydrogens (tertiary/aromatic N) is 4. The Bertz CT molecular complexity index is 1500. The Morgan fingerprint density at radius 2 is 2.12 bits per heavy atom. The molecule has 4 rings (SSSR count). The molecule has 3 aromatic heterocycles. The van der Waals surface area contributed by atoms with Crippen molar-refractivity contribution in [1.29, 1.82) is 5.41 Å². The number of aromatic nitrogens is 4. The van der Waals surface area contributed by atoms with E-state index in [4.69, 9.17) is 11.1 Å². The van der Waals surface area contributed by atoms with Crippen molar-refractivity contribution in [3.63, 3.8) is 0 Å². The number of halogens is 1. The van der Waals surface area contributed by atoms with E-state index in [1.54, 1.807) is 12.1 Å². The molecule has 0 amide bonds. The summed E-state index contributed by atoms with van der Waals surface area (Å²) in [6.45, 7) is 3.72. The zero-order valence-corrected chi connectivity index (χ0v) is 18.8. The molecule has 0 bridgehead atoms. The second-order valence-electron chi connectivity index (χ2n) is 7.09. The Hall–Kier alpha value is -4.10. The van der Waals surface area contributed by atoms with Crippen molar-refractivity contribution in [3.05, 3.63) is 69.1 Å². The lowest BCUT2D eigenvalue weighted by Crippen LogP contribution is -2.26. The Balaban J connectivity index is 1.82. The van der Waals surface area contributed by atoms with E-state index in [0.29, 0.717) is 16.6 Å². The topological polar surface area (TPSA) is 123 Å². The van der Waals surface area contributed by atoms with Crippen LogP contribution < -0.4 is 16.6 Å². The fourth-order valence-electron chi connectivity index (χ4n) is 3.35. The summed E-state index contributed by atoms with van der Waals surface area (Å²) >= 11 is 1.35. The van der Waals surface area contributed by atoms with Gasteiger partial charge in [-0.05, 0) is 35.9 Å². The van der Waals surface area contributed by atoms with Gasteiger partial charge in [0, 0.05) is 6.42 Å². The molecule has 4 aromatic rings. The van der Waals surface area contributed by atoms with Gasteiger partial charge in [-0.15, -0.1) is 11.3 Å². The lowest BCUT2D eigenvalue weighted by Gasteiger charge is -2.15. The van der Waals surface area contributed by atoms with Gasteiger partial charge in [-0.2, -0.15) is 0 Å². The van der Waals surface area contributed by atoms with Crippen LogP contribution in [0.3, 0.4) is 0 Å². The molecule has 166 valence electrons. The number of hydrogen-bond acceptors (Lipinski definition) is 8. The molecule has 0 saturated heterocycles. The molecule has 0 fully saturated rings. The van der Waals surface area contributed by atoms with Crippen molar-refractivity contribution < 1.29 is 4.39 Å². The average Bonchev–Trinajstić information content (AvgIpc) is 3.17. The van der Waals surface area contributed by atoms with E-state index in [-0.39, 0.29) is 46.5 Å². The second kappa shape index (κ2) is 9.18. The van der Waals surface area contributed by atoms with Crippen molar-refractivity contribution in [3.8, 4) is 17.5 Å². The molecule has 0 aliphatic carbocycles. The largest absolute Gasteiger partial charge is 0.383 e. The molecule has 0 aliphatic heterocycles. The minimum atomic E-state index is -0.543. The van der Waals surface area contributed by atoms with Crippen molar-refractivity contribution in [2.75, 3.05) is 11.1 Å². The van der Waals surface area contributed by atoms with Gasteiger partial charge in [-0.3, -0.25) is 14.8 Å². The van der Waals surface area contributed by atoms with E-state index in [2.05, 4.69) is 32.1 Å². The predicted molar refractivity (Wildman–Crippen MR) is 129 cm³/mol. The highest BCUT2D eigenvalue weighted by Crippen LogP contribution is 2.24. The molecule has 0 radical (unpaired) electrons. The third-order valence-corrected chi connectivity index (χ3v) is 5.88. The summed E-state index contributed by atoms with van der Waals surface area (Å²) in [5.74, 6) is 5.67. The fourth-order valence-corrected chi connectivity index (χ4v) is 4.28. The molecule has 8 nitrogen and oxygen atoms in total. The molecule has 0 saturated carbocycles. The maximum absolute atomic E-state index is 14.7. The van der Waals surface area contributed by atoms with Gasteiger partial charge < -0.3 is 11.1 Å². The van der Waals surface area contributed by atoms with Crippen molar-refractivity contribution >= 4 is 38.9 Å². The van der Waals surface area contributed by atoms with Crippen LogP contribution in [-0.4, -0.2) is 25.2 Å². The smallest absolute Gasteiger partial charge is 0.267 e. The summed E-state index contributed by atoms with van der Waals surface area (Å²) in [4.78, 5) is 26.7. The summed E-state index contributed by atoms with van der Waals surface area (Å²) in [5, 5.41) is 13.6. The maximum Gasteiger partial charge on any atom is 0.267 e. The number of rotatable bonds is 5. The minimum Gasteiger partial charge on any atom is -0.383 e. The molecule has 0 unspecified atom stereocenters. The minimum absolute atomic E-state index is 0.0222. The van der Waals surface area contributed by atoms with E-state index < -0.39 is 5.82 Å². The van der Waals surface area contributed by atoms with Crippen molar-refractivity contribution in [1.82, 2.24) is 19.5 Å². The van der Waals surface area contributed by atoms with Crippen LogP contribution in [0.1, 0.15) is 30.3 Å². The lowest BCUT2D eigenvalue weighted by atomic mass is 10.1. The number of anilines is 2. The summed E-state index contributed by atoms with van der Waals surface area (Å²) in [6, 6.07) is 6.03. The van der Waals surface area contributed by atoms with Crippen LogP contribution in [0.2, 0.25) is 0 Å². The van der Waals surface area contributed by atoms with Crippen molar-refractivity contribution in [2.24, 2.45) is 0 Å². The SMILES string of the molecule is CCC#CC(=N)c1c(N)ncnc1NCc1nc2scc(C)c2c(=O)n1-c1ccccc1F. The number of nitrogens with one attached hydrogen (secondary N) is 2. The third-order valence-electron chi connectivity index (χ3n) is 4.89. The normalized spacial score (nSPS) is 10.6. The van der Waals surface area contributed by atoms with Crippen LogP contribution in [0.25, 0.3) is 15.9 Å². The van der Waals surface area contributed by atoms with Crippen LogP contribution >= 0.6 is 11.3 Å². The molecule has 10 heteroatoms. The van der Waals surface area contributed by atoms with E-state index >= 15 is 0 Å². The molecular weight excluding hydrogens is 441 g/mol. The van der Waals surface area contributed by atoms with Gasteiger partial charge in [0.05, 0.1) is 23.2 Å². The quantitative estimate of drug-likeness (QED) is 0.308. The first kappa shape index (κ1) is 22.1. The van der Waals surface area contributed by atoms with E-state index in [9.17, 15) is 9.18 Å². The third kappa shape index (κ3) is 4.18. The Morgan fingerprint density at radius 3 is 2.88 bits per heavy atom. The number of nitrogen functional groups attached to an aromatic ring is 1. The summed E-state index contributed by atoms with van der Waals surface area (Å²) in [6.07, 6.45) is 1.85. The molecule has 1 aromatic carbocycles.